The minimum Gasteiger partial charge on any atom is -0.311 e. The van der Waals surface area contributed by atoms with Crippen LogP contribution in [0, 0.1) is 0 Å². The lowest BCUT2D eigenvalue weighted by atomic mass is 10.5. The average molecular weight is 288 g/mol. The van der Waals surface area contributed by atoms with Crippen LogP contribution in [0.2, 0.25) is 0 Å². The number of ketones is 1. The lowest BCUT2D eigenvalue weighted by molar-refractivity contribution is -0.116. The molecule has 0 fully saturated rings. The predicted molar refractivity (Wildman–Crippen MR) is 57.6 cm³/mol. The second kappa shape index (κ2) is 6.69. The van der Waals surface area contributed by atoms with Gasteiger partial charge in [-0.05, 0) is 13.8 Å². The summed E-state index contributed by atoms with van der Waals surface area (Å²) in [7, 11) is -3.48. The third kappa shape index (κ3) is 3.79. The fourth-order valence-electron chi connectivity index (χ4n) is 0.813. The summed E-state index contributed by atoms with van der Waals surface area (Å²) in [4.78, 5) is 11.2. The van der Waals surface area contributed by atoms with Gasteiger partial charge in [0.05, 0.1) is 18.5 Å². The summed E-state index contributed by atoms with van der Waals surface area (Å²) in [6.07, 6.45) is 0. The molecule has 0 aliphatic carbocycles. The number of carbonyl (C=O) groups is 1. The van der Waals surface area contributed by atoms with E-state index in [9.17, 15) is 9.36 Å². The van der Waals surface area contributed by atoms with E-state index in [1.165, 1.54) is 0 Å². The summed E-state index contributed by atoms with van der Waals surface area (Å²) in [6, 6.07) is 0. The number of Topliss-reactive ketones (excluding diaryl/α,β-unsaturated/α-hetero) is 1. The van der Waals surface area contributed by atoms with E-state index in [0.717, 1.165) is 0 Å². The van der Waals surface area contributed by atoms with Crippen molar-refractivity contribution in [2.75, 3.05) is 18.5 Å². The molecular weight excluding hydrogens is 273 g/mol. The fourth-order valence-corrected chi connectivity index (χ4v) is 2.97. The maximum absolute atomic E-state index is 11.9. The lowest BCUT2D eigenvalue weighted by Gasteiger charge is -2.21. The molecule has 0 aromatic rings. The first-order valence-corrected chi connectivity index (χ1v) is 6.98. The van der Waals surface area contributed by atoms with Gasteiger partial charge in [0.1, 0.15) is 0 Å². The zero-order valence-electron chi connectivity index (χ0n) is 8.23. The molecule has 0 heterocycles. The molecule has 14 heavy (non-hydrogen) atoms. The smallest absolute Gasteiger partial charge is 0.311 e. The largest absolute Gasteiger partial charge is 0.354 e. The Morgan fingerprint density at radius 2 is 1.86 bits per heavy atom. The molecule has 84 valence electrons. The molecule has 0 saturated heterocycles. The van der Waals surface area contributed by atoms with E-state index in [1.807, 2.05) is 0 Å². The molecule has 5 nitrogen and oxygen atoms in total. The van der Waals surface area contributed by atoms with Crippen molar-refractivity contribution in [3.8, 4) is 0 Å². The summed E-state index contributed by atoms with van der Waals surface area (Å²) >= 11 is 2.95. The van der Waals surface area contributed by atoms with Gasteiger partial charge in [0.25, 0.3) is 0 Å². The van der Waals surface area contributed by atoms with Gasteiger partial charge in [-0.1, -0.05) is 15.9 Å². The van der Waals surface area contributed by atoms with E-state index >= 15 is 0 Å². The van der Waals surface area contributed by atoms with Gasteiger partial charge in [-0.25, -0.2) is 0 Å². The maximum Gasteiger partial charge on any atom is 0.354 e. The first-order valence-electron chi connectivity index (χ1n) is 4.24. The molecule has 7 heteroatoms. The molecule has 0 aliphatic heterocycles. The first-order chi connectivity index (χ1) is 6.51. The monoisotopic (exact) mass is 287 g/mol. The summed E-state index contributed by atoms with van der Waals surface area (Å²) in [5.41, 5.74) is 5.49. The van der Waals surface area contributed by atoms with Crippen molar-refractivity contribution in [1.29, 1.82) is 0 Å². The molecule has 0 radical (unpaired) electrons. The van der Waals surface area contributed by atoms with Crippen molar-refractivity contribution < 1.29 is 18.4 Å². The molecule has 1 unspecified atom stereocenters. The Balaban J connectivity index is 4.63. The Labute approximate surface area is 92.0 Å². The maximum atomic E-state index is 11.9. The second-order valence-electron chi connectivity index (χ2n) is 2.42. The highest BCUT2D eigenvalue weighted by Gasteiger charge is 2.37. The van der Waals surface area contributed by atoms with E-state index in [0.29, 0.717) is 0 Å². The molecule has 1 atom stereocenters. The van der Waals surface area contributed by atoms with E-state index in [2.05, 4.69) is 15.9 Å². The van der Waals surface area contributed by atoms with Crippen molar-refractivity contribution in [3.05, 3.63) is 0 Å². The van der Waals surface area contributed by atoms with Gasteiger partial charge in [0.2, 0.25) is 0 Å². The van der Waals surface area contributed by atoms with Gasteiger partial charge in [0.15, 0.2) is 11.6 Å². The van der Waals surface area contributed by atoms with Gasteiger partial charge in [0, 0.05) is 0 Å². The average Bonchev–Trinajstić information content (AvgIpc) is 2.16. The van der Waals surface area contributed by atoms with Crippen LogP contribution in [0.3, 0.4) is 0 Å². The van der Waals surface area contributed by atoms with Crippen LogP contribution in [0.25, 0.3) is 0 Å². The quantitative estimate of drug-likeness (QED) is 0.567. The van der Waals surface area contributed by atoms with Crippen molar-refractivity contribution in [2.45, 2.75) is 19.6 Å². The number of nitrogens with two attached hydrogens (primary N) is 1. The van der Waals surface area contributed by atoms with Crippen LogP contribution in [0.1, 0.15) is 13.8 Å². The van der Waals surface area contributed by atoms with E-state index in [1.54, 1.807) is 13.8 Å². The summed E-state index contributed by atoms with van der Waals surface area (Å²) in [5.74, 6) is -1.60. The lowest BCUT2D eigenvalue weighted by Crippen LogP contribution is -2.33. The molecule has 0 amide bonds. The van der Waals surface area contributed by atoms with Gasteiger partial charge in [-0.2, -0.15) is 0 Å². The standard InChI is InChI=1S/C7H15BrNO4P/c1-3-12-14(11,13-4-2)7(9)6(10)5-8/h7H,3-5,9H2,1-2H3. The minimum absolute atomic E-state index is 0.0400. The van der Waals surface area contributed by atoms with E-state index < -0.39 is 19.2 Å². The molecule has 0 spiro atoms. The number of rotatable bonds is 7. The van der Waals surface area contributed by atoms with Gasteiger partial charge in [-0.15, -0.1) is 0 Å². The van der Waals surface area contributed by atoms with Crippen LogP contribution in [0.5, 0.6) is 0 Å². The Kier molecular flexibility index (Phi) is 6.81. The van der Waals surface area contributed by atoms with Crippen LogP contribution in [-0.2, 0) is 18.4 Å². The number of carbonyl (C=O) groups excluding carboxylic acids is 1. The van der Waals surface area contributed by atoms with Crippen molar-refractivity contribution in [3.63, 3.8) is 0 Å². The van der Waals surface area contributed by atoms with Gasteiger partial charge in [-0.3, -0.25) is 9.36 Å². The van der Waals surface area contributed by atoms with Gasteiger partial charge < -0.3 is 14.8 Å². The molecule has 0 bridgehead atoms. The molecule has 0 saturated carbocycles. The van der Waals surface area contributed by atoms with Crippen LogP contribution in [0.4, 0.5) is 0 Å². The Hall–Kier alpha value is 0.260. The van der Waals surface area contributed by atoms with Crippen molar-refractivity contribution in [2.24, 2.45) is 5.73 Å². The summed E-state index contributed by atoms with van der Waals surface area (Å²) in [6.45, 7) is 3.72. The molecule has 0 aromatic carbocycles. The molecule has 0 aliphatic rings. The zero-order valence-corrected chi connectivity index (χ0v) is 10.7. The highest BCUT2D eigenvalue weighted by atomic mass is 79.9. The summed E-state index contributed by atoms with van der Waals surface area (Å²) in [5, 5.41) is 0.0400. The molecule has 0 rings (SSSR count). The summed E-state index contributed by atoms with van der Waals surface area (Å²) < 4.78 is 21.7. The highest BCUT2D eigenvalue weighted by molar-refractivity contribution is 9.09. The Morgan fingerprint density at radius 1 is 1.43 bits per heavy atom. The second-order valence-corrected chi connectivity index (χ2v) is 5.13. The Morgan fingerprint density at radius 3 is 2.14 bits per heavy atom. The predicted octanol–water partition coefficient (Wildman–Crippen LogP) is 1.50. The molecular formula is C7H15BrNO4P. The van der Waals surface area contributed by atoms with Crippen LogP contribution in [-0.4, -0.2) is 30.1 Å². The van der Waals surface area contributed by atoms with Gasteiger partial charge >= 0.3 is 7.60 Å². The number of halogens is 1. The highest BCUT2D eigenvalue weighted by Crippen LogP contribution is 2.51. The molecule has 2 N–H and O–H groups in total. The third-order valence-electron chi connectivity index (χ3n) is 1.42. The first kappa shape index (κ1) is 14.3. The van der Waals surface area contributed by atoms with E-state index in [-0.39, 0.29) is 18.5 Å². The van der Waals surface area contributed by atoms with Crippen molar-refractivity contribution >= 4 is 29.3 Å². The zero-order chi connectivity index (χ0) is 11.2. The van der Waals surface area contributed by atoms with Crippen LogP contribution < -0.4 is 5.73 Å². The minimum atomic E-state index is -3.48. The third-order valence-corrected chi connectivity index (χ3v) is 4.18. The number of hydrogen-bond acceptors (Lipinski definition) is 5. The molecule has 0 aromatic heterocycles. The van der Waals surface area contributed by atoms with E-state index in [4.69, 9.17) is 14.8 Å². The van der Waals surface area contributed by atoms with Crippen molar-refractivity contribution in [1.82, 2.24) is 0 Å². The Bertz CT molecular complexity index is 226. The van der Waals surface area contributed by atoms with Crippen LogP contribution >= 0.6 is 23.5 Å². The topological polar surface area (TPSA) is 78.6 Å². The fraction of sp³-hybridized carbons (Fsp3) is 0.857. The van der Waals surface area contributed by atoms with Crippen LogP contribution in [0.15, 0.2) is 0 Å². The number of hydrogen-bond donors (Lipinski definition) is 1. The number of alkyl halides is 1. The SMILES string of the molecule is CCOP(=O)(OCC)C(N)C(=O)CBr. The normalized spacial score (nSPS) is 14.0.